The fourth-order valence-corrected chi connectivity index (χ4v) is 11.9. The summed E-state index contributed by atoms with van der Waals surface area (Å²) in [5.74, 6) is 0. The van der Waals surface area contributed by atoms with E-state index in [4.69, 9.17) is 8.83 Å². The minimum absolute atomic E-state index is 0.701. The second-order valence-corrected chi connectivity index (χ2v) is 21.0. The molecule has 1 aliphatic carbocycles. The van der Waals surface area contributed by atoms with Crippen molar-refractivity contribution >= 4 is 101 Å². The fourth-order valence-electron chi connectivity index (χ4n) is 11.9. The molecule has 2 heterocycles. The lowest BCUT2D eigenvalue weighted by molar-refractivity contribution is 0.669. The van der Waals surface area contributed by atoms with Gasteiger partial charge in [-0.25, -0.2) is 0 Å². The van der Waals surface area contributed by atoms with E-state index in [2.05, 4.69) is 300 Å². The molecule has 0 atom stereocenters. The second-order valence-electron chi connectivity index (χ2n) is 21.0. The zero-order valence-electron chi connectivity index (χ0n) is 45.4. The average molecular weight is 1060 g/mol. The van der Waals surface area contributed by atoms with Gasteiger partial charge in [0.15, 0.2) is 5.58 Å². The number of para-hydroxylation sites is 5. The van der Waals surface area contributed by atoms with E-state index in [1.54, 1.807) is 0 Å². The molecule has 15 rings (SSSR count). The minimum atomic E-state index is 0.701. The predicted octanol–water partition coefficient (Wildman–Crippen LogP) is 22.2. The van der Waals surface area contributed by atoms with Gasteiger partial charge in [0.25, 0.3) is 0 Å². The number of allylic oxidation sites excluding steroid dienone is 4. The molecule has 0 N–H and O–H groups in total. The summed E-state index contributed by atoms with van der Waals surface area (Å²) in [6.45, 7) is 0. The van der Waals surface area contributed by atoms with Gasteiger partial charge in [-0.3, -0.25) is 0 Å². The molecule has 0 spiro atoms. The highest BCUT2D eigenvalue weighted by molar-refractivity contribution is 6.10. The molecular weight excluding hydrogens is 1010 g/mol. The van der Waals surface area contributed by atoms with Crippen molar-refractivity contribution in [2.45, 2.75) is 12.8 Å². The highest BCUT2D eigenvalue weighted by Crippen LogP contribution is 2.48. The molecule has 1 aliphatic rings. The maximum atomic E-state index is 6.58. The Balaban J connectivity index is 0.938. The second kappa shape index (κ2) is 21.2. The summed E-state index contributed by atoms with van der Waals surface area (Å²) in [5, 5.41) is 4.30. The van der Waals surface area contributed by atoms with Crippen molar-refractivity contribution in [1.29, 1.82) is 0 Å². The molecule has 0 saturated heterocycles. The van der Waals surface area contributed by atoms with Gasteiger partial charge in [0.1, 0.15) is 16.7 Å². The lowest BCUT2D eigenvalue weighted by atomic mass is 9.99. The van der Waals surface area contributed by atoms with Crippen LogP contribution in [0.1, 0.15) is 18.4 Å². The minimum Gasteiger partial charge on any atom is -0.455 e. The van der Waals surface area contributed by atoms with E-state index in [9.17, 15) is 0 Å². The summed E-state index contributed by atoms with van der Waals surface area (Å²) in [7, 11) is 0. The molecule has 0 unspecified atom stereocenters. The third-order valence-electron chi connectivity index (χ3n) is 15.9. The number of fused-ring (bicyclic) bond motifs is 6. The Hall–Kier alpha value is -11.1. The fraction of sp³-hybridized carbons (Fsp3) is 0.0256. The van der Waals surface area contributed by atoms with Crippen molar-refractivity contribution in [2.24, 2.45) is 0 Å². The van der Waals surface area contributed by atoms with Crippen LogP contribution < -0.4 is 14.7 Å². The first-order valence-electron chi connectivity index (χ1n) is 28.3. The number of benzene rings is 11. The number of anilines is 9. The van der Waals surface area contributed by atoms with E-state index in [1.807, 2.05) is 24.3 Å². The van der Waals surface area contributed by atoms with Gasteiger partial charge >= 0.3 is 0 Å². The van der Waals surface area contributed by atoms with Crippen molar-refractivity contribution in [2.75, 3.05) is 14.7 Å². The summed E-state index contributed by atoms with van der Waals surface area (Å²) < 4.78 is 13.1. The Kier molecular flexibility index (Phi) is 12.5. The van der Waals surface area contributed by atoms with E-state index in [0.717, 1.165) is 136 Å². The average Bonchev–Trinajstić information content (AvgIpc) is 4.35. The maximum absolute atomic E-state index is 6.58. The number of rotatable bonds is 13. The molecule has 83 heavy (non-hydrogen) atoms. The molecule has 0 aliphatic heterocycles. The summed E-state index contributed by atoms with van der Waals surface area (Å²) >= 11 is 0. The molecule has 392 valence electrons. The maximum Gasteiger partial charge on any atom is 0.185 e. The largest absolute Gasteiger partial charge is 0.455 e. The van der Waals surface area contributed by atoms with Gasteiger partial charge in [-0.1, -0.05) is 194 Å². The van der Waals surface area contributed by atoms with Crippen LogP contribution in [0.15, 0.2) is 306 Å². The van der Waals surface area contributed by atoms with Crippen LogP contribution in [0.4, 0.5) is 51.2 Å². The predicted molar refractivity (Wildman–Crippen MR) is 345 cm³/mol. The summed E-state index contributed by atoms with van der Waals surface area (Å²) in [4.78, 5) is 7.13. The van der Waals surface area contributed by atoms with E-state index < -0.39 is 0 Å². The van der Waals surface area contributed by atoms with Gasteiger partial charge in [0.2, 0.25) is 0 Å². The van der Waals surface area contributed by atoms with Crippen LogP contribution in [0.2, 0.25) is 0 Å². The number of hydrogen-bond acceptors (Lipinski definition) is 5. The van der Waals surface area contributed by atoms with Crippen LogP contribution in [0, 0.1) is 12.1 Å². The van der Waals surface area contributed by atoms with Crippen molar-refractivity contribution in [1.82, 2.24) is 0 Å². The Bertz CT molecular complexity index is 4660. The zero-order chi connectivity index (χ0) is 55.1. The quantitative estimate of drug-likeness (QED) is 0.115. The molecule has 0 amide bonds. The summed E-state index contributed by atoms with van der Waals surface area (Å²) in [5.41, 5.74) is 21.2. The highest BCUT2D eigenvalue weighted by atomic mass is 16.3. The smallest absolute Gasteiger partial charge is 0.185 e. The van der Waals surface area contributed by atoms with Crippen LogP contribution in [-0.2, 0) is 0 Å². The summed E-state index contributed by atoms with van der Waals surface area (Å²) in [6, 6.07) is 106. The van der Waals surface area contributed by atoms with Gasteiger partial charge in [-0.15, -0.1) is 0 Å². The number of hydrogen-bond donors (Lipinski definition) is 0. The first-order chi connectivity index (χ1) is 41.1. The third-order valence-corrected chi connectivity index (χ3v) is 15.9. The van der Waals surface area contributed by atoms with E-state index >= 15 is 0 Å². The molecule has 2 aromatic heterocycles. The van der Waals surface area contributed by atoms with E-state index in [1.165, 1.54) is 11.1 Å². The molecule has 0 saturated carbocycles. The lowest BCUT2D eigenvalue weighted by Crippen LogP contribution is -2.16. The topological polar surface area (TPSA) is 36.0 Å². The monoisotopic (exact) mass is 1060 g/mol. The van der Waals surface area contributed by atoms with Gasteiger partial charge in [0.05, 0.1) is 17.1 Å². The van der Waals surface area contributed by atoms with Crippen molar-refractivity contribution in [3.8, 4) is 33.4 Å². The first-order valence-corrected chi connectivity index (χ1v) is 28.3. The first kappa shape index (κ1) is 49.0. The van der Waals surface area contributed by atoms with Crippen molar-refractivity contribution < 1.29 is 8.83 Å². The highest BCUT2D eigenvalue weighted by Gasteiger charge is 2.24. The Morgan fingerprint density at radius 1 is 0.313 bits per heavy atom. The summed E-state index contributed by atoms with van der Waals surface area (Å²) in [6.07, 6.45) is 8.96. The van der Waals surface area contributed by atoms with Crippen LogP contribution in [0.25, 0.3) is 82.8 Å². The van der Waals surface area contributed by atoms with E-state index in [0.29, 0.717) is 5.58 Å². The van der Waals surface area contributed by atoms with Gasteiger partial charge < -0.3 is 23.5 Å². The van der Waals surface area contributed by atoms with Crippen molar-refractivity contribution in [3.05, 3.63) is 315 Å². The zero-order valence-corrected chi connectivity index (χ0v) is 45.4. The van der Waals surface area contributed by atoms with E-state index in [-0.39, 0.29) is 0 Å². The molecule has 0 bridgehead atoms. The van der Waals surface area contributed by atoms with Crippen LogP contribution >= 0.6 is 0 Å². The molecule has 5 heteroatoms. The molecule has 12 aromatic carbocycles. The lowest BCUT2D eigenvalue weighted by Gasteiger charge is -2.33. The third kappa shape index (κ3) is 9.25. The van der Waals surface area contributed by atoms with Crippen LogP contribution in [0.5, 0.6) is 0 Å². The molecule has 14 aromatic rings. The molecule has 0 fully saturated rings. The van der Waals surface area contributed by atoms with Gasteiger partial charge in [-0.05, 0) is 161 Å². The van der Waals surface area contributed by atoms with Gasteiger partial charge in [-0.2, -0.15) is 0 Å². The molecule has 5 nitrogen and oxygen atoms in total. The Morgan fingerprint density at radius 2 is 0.747 bits per heavy atom. The molecule has 0 radical (unpaired) electrons. The normalized spacial score (nSPS) is 12.2. The Labute approximate surface area is 482 Å². The SMILES string of the molecule is c1ccc2c(c#1)oc1c(-c3ccc(N(c4ccc(-c5ccccc5)cc4)c4cc(N(c5ccccc5)c5ccccc5)cc(N(c5ccc(C6=CCCC=C6)cc5)c5ccc(-c6cccc7c6oc6ccccc67)cc5)c4)cc3)cccc12. The standard InChI is InChI=1S/C78H53N3O2/c1-5-19-54(20-6-1)56-35-43-62(44-36-56)80(64-47-39-58(40-48-64)69-29-17-31-73-71-27-13-15-33-75(71)82-77(69)73)67-51-66(79(60-23-9-3-10-24-60)61-25-11-4-12-26-61)52-68(53-67)81(63-45-37-57(38-46-63)55-21-7-2-8-22-55)65-49-41-59(42-50-65)70-30-18-32-74-72-28-14-16-34-76(72)83-78(70)74/h1,3-7,9-14,16-32,34-53H,2,8H2. The number of nitrogens with zero attached hydrogens (tertiary/aromatic N) is 3. The Morgan fingerprint density at radius 3 is 1.28 bits per heavy atom. The van der Waals surface area contributed by atoms with Crippen molar-refractivity contribution in [3.63, 3.8) is 0 Å². The van der Waals surface area contributed by atoms with Crippen LogP contribution in [-0.4, -0.2) is 0 Å². The number of furan rings is 2. The van der Waals surface area contributed by atoms with Gasteiger partial charge in [0, 0.05) is 66.8 Å². The molecular formula is C78H53N3O2. The van der Waals surface area contributed by atoms with Crippen LogP contribution in [0.3, 0.4) is 0 Å².